The minimum absolute atomic E-state index is 0.248. The third-order valence-electron chi connectivity index (χ3n) is 3.33. The summed E-state index contributed by atoms with van der Waals surface area (Å²) in [4.78, 5) is 0. The van der Waals surface area contributed by atoms with Crippen molar-refractivity contribution in [2.45, 2.75) is 49.8 Å². The Hall–Kier alpha value is -0.130. The summed E-state index contributed by atoms with van der Waals surface area (Å²) < 4.78 is 1.92. The van der Waals surface area contributed by atoms with Crippen LogP contribution < -0.4 is 0 Å². The highest BCUT2D eigenvalue weighted by Crippen LogP contribution is 2.35. The summed E-state index contributed by atoms with van der Waals surface area (Å²) in [6.07, 6.45) is 5.56. The van der Waals surface area contributed by atoms with Gasteiger partial charge in [-0.25, -0.2) is 0 Å². The number of rotatable bonds is 5. The largest absolute Gasteiger partial charge is 0.392 e. The number of hydrogen-bond acceptors (Lipinski definition) is 4. The van der Waals surface area contributed by atoms with E-state index < -0.39 is 0 Å². The van der Waals surface area contributed by atoms with E-state index in [1.54, 1.807) is 0 Å². The maximum Gasteiger partial charge on any atom is 0.0710 e. The zero-order valence-corrected chi connectivity index (χ0v) is 12.7. The first-order valence-electron chi connectivity index (χ1n) is 6.67. The van der Waals surface area contributed by atoms with Crippen LogP contribution in [0.1, 0.15) is 25.8 Å². The highest BCUT2D eigenvalue weighted by molar-refractivity contribution is 8.07. The Morgan fingerprint density at radius 1 is 1.44 bits per heavy atom. The highest BCUT2D eigenvalue weighted by Gasteiger charge is 2.31. The van der Waals surface area contributed by atoms with Gasteiger partial charge in [0.15, 0.2) is 0 Å². The predicted octanol–water partition coefficient (Wildman–Crippen LogP) is 2.43. The molecule has 102 valence electrons. The topological polar surface area (TPSA) is 38.1 Å². The van der Waals surface area contributed by atoms with Crippen molar-refractivity contribution < 1.29 is 5.11 Å². The van der Waals surface area contributed by atoms with Gasteiger partial charge in [0, 0.05) is 41.2 Å². The molecule has 5 heteroatoms. The van der Waals surface area contributed by atoms with E-state index in [4.69, 9.17) is 0 Å². The fourth-order valence-electron chi connectivity index (χ4n) is 2.34. The summed E-state index contributed by atoms with van der Waals surface area (Å²) in [5.74, 6) is 2.39. The first-order chi connectivity index (χ1) is 8.74. The van der Waals surface area contributed by atoms with Crippen molar-refractivity contribution in [3.05, 3.63) is 18.0 Å². The number of thioether (sulfide) groups is 2. The average molecular weight is 286 g/mol. The molecule has 3 atom stereocenters. The van der Waals surface area contributed by atoms with Crippen LogP contribution >= 0.6 is 23.5 Å². The molecule has 0 aliphatic carbocycles. The molecule has 0 amide bonds. The van der Waals surface area contributed by atoms with Crippen LogP contribution in [0.25, 0.3) is 0 Å². The molecule has 1 aliphatic rings. The van der Waals surface area contributed by atoms with E-state index in [1.807, 2.05) is 40.6 Å². The van der Waals surface area contributed by atoms with Crippen LogP contribution in [-0.2, 0) is 13.0 Å². The zero-order chi connectivity index (χ0) is 13.0. The minimum atomic E-state index is -0.248. The standard InChI is InChI=1S/C13H22N2OS2/c1-3-12-13(18-6-5-17-12)11(16)7-10-8-14-15(4-2)9-10/h8-9,11-13,16H,3-7H2,1-2H3. The Morgan fingerprint density at radius 2 is 2.22 bits per heavy atom. The summed E-state index contributed by atoms with van der Waals surface area (Å²) in [5, 5.41) is 15.7. The van der Waals surface area contributed by atoms with Gasteiger partial charge in [-0.2, -0.15) is 28.6 Å². The molecule has 1 aliphatic heterocycles. The smallest absolute Gasteiger partial charge is 0.0710 e. The fraction of sp³-hybridized carbons (Fsp3) is 0.769. The zero-order valence-electron chi connectivity index (χ0n) is 11.1. The Bertz CT molecular complexity index is 370. The Balaban J connectivity index is 1.95. The average Bonchev–Trinajstić information content (AvgIpc) is 2.86. The molecule has 2 rings (SSSR count). The number of aliphatic hydroxyl groups excluding tert-OH is 1. The van der Waals surface area contributed by atoms with E-state index in [0.717, 1.165) is 30.7 Å². The van der Waals surface area contributed by atoms with Gasteiger partial charge in [-0.3, -0.25) is 4.68 Å². The first-order valence-corrected chi connectivity index (χ1v) is 8.77. The van der Waals surface area contributed by atoms with E-state index in [-0.39, 0.29) is 6.10 Å². The summed E-state index contributed by atoms with van der Waals surface area (Å²) in [6.45, 7) is 5.19. The van der Waals surface area contributed by atoms with Crippen molar-refractivity contribution >= 4 is 23.5 Å². The third kappa shape index (κ3) is 3.45. The second-order valence-electron chi connectivity index (χ2n) is 4.63. The van der Waals surface area contributed by atoms with Gasteiger partial charge in [0.25, 0.3) is 0 Å². The third-order valence-corrected chi connectivity index (χ3v) is 6.72. The van der Waals surface area contributed by atoms with E-state index in [0.29, 0.717) is 10.5 Å². The van der Waals surface area contributed by atoms with Gasteiger partial charge in [-0.1, -0.05) is 6.92 Å². The number of aliphatic hydroxyl groups is 1. The molecule has 18 heavy (non-hydrogen) atoms. The number of hydrogen-bond donors (Lipinski definition) is 1. The molecular formula is C13H22N2OS2. The van der Waals surface area contributed by atoms with Gasteiger partial charge in [0.2, 0.25) is 0 Å². The molecule has 2 heterocycles. The normalized spacial score (nSPS) is 26.2. The summed E-state index contributed by atoms with van der Waals surface area (Å²) in [7, 11) is 0. The molecule has 0 bridgehead atoms. The van der Waals surface area contributed by atoms with Crippen molar-refractivity contribution in [2.75, 3.05) is 11.5 Å². The monoisotopic (exact) mass is 286 g/mol. The number of aromatic nitrogens is 2. The van der Waals surface area contributed by atoms with E-state index >= 15 is 0 Å². The molecule has 0 spiro atoms. The lowest BCUT2D eigenvalue weighted by atomic mass is 10.1. The highest BCUT2D eigenvalue weighted by atomic mass is 32.2. The summed E-state index contributed by atoms with van der Waals surface area (Å²) in [5.41, 5.74) is 1.15. The van der Waals surface area contributed by atoms with Crippen molar-refractivity contribution in [1.29, 1.82) is 0 Å². The van der Waals surface area contributed by atoms with Gasteiger partial charge >= 0.3 is 0 Å². The lowest BCUT2D eigenvalue weighted by molar-refractivity contribution is 0.169. The quantitative estimate of drug-likeness (QED) is 0.902. The summed E-state index contributed by atoms with van der Waals surface area (Å²) >= 11 is 3.96. The molecular weight excluding hydrogens is 264 g/mol. The van der Waals surface area contributed by atoms with Crippen molar-refractivity contribution in [3.63, 3.8) is 0 Å². The van der Waals surface area contributed by atoms with Crippen molar-refractivity contribution in [2.24, 2.45) is 0 Å². The molecule has 3 nitrogen and oxygen atoms in total. The fourth-order valence-corrected chi connectivity index (χ4v) is 5.49. The van der Waals surface area contributed by atoms with E-state index in [1.165, 1.54) is 5.75 Å². The number of aryl methyl sites for hydroxylation is 1. The number of nitrogens with zero attached hydrogens (tertiary/aromatic N) is 2. The van der Waals surface area contributed by atoms with Crippen LogP contribution in [0.5, 0.6) is 0 Å². The molecule has 0 saturated carbocycles. The van der Waals surface area contributed by atoms with Gasteiger partial charge in [0.1, 0.15) is 0 Å². The molecule has 0 radical (unpaired) electrons. The van der Waals surface area contributed by atoms with E-state index in [9.17, 15) is 5.11 Å². The Kier molecular flexibility index (Phi) is 5.45. The molecule has 0 aromatic carbocycles. The molecule has 1 aromatic rings. The molecule has 1 N–H and O–H groups in total. The van der Waals surface area contributed by atoms with Crippen LogP contribution in [0.15, 0.2) is 12.4 Å². The minimum Gasteiger partial charge on any atom is -0.392 e. The van der Waals surface area contributed by atoms with Crippen LogP contribution in [0.2, 0.25) is 0 Å². The first kappa shape index (κ1) is 14.3. The van der Waals surface area contributed by atoms with Gasteiger partial charge in [-0.15, -0.1) is 0 Å². The maximum absolute atomic E-state index is 10.4. The van der Waals surface area contributed by atoms with Crippen LogP contribution in [0, 0.1) is 0 Å². The van der Waals surface area contributed by atoms with Crippen LogP contribution in [0.4, 0.5) is 0 Å². The van der Waals surface area contributed by atoms with Gasteiger partial charge < -0.3 is 5.11 Å². The molecule has 3 unspecified atom stereocenters. The van der Waals surface area contributed by atoms with Crippen LogP contribution in [0.3, 0.4) is 0 Å². The van der Waals surface area contributed by atoms with E-state index in [2.05, 4.69) is 18.9 Å². The second-order valence-corrected chi connectivity index (χ2v) is 7.26. The Morgan fingerprint density at radius 3 is 2.89 bits per heavy atom. The lowest BCUT2D eigenvalue weighted by Crippen LogP contribution is -2.37. The van der Waals surface area contributed by atoms with Crippen molar-refractivity contribution in [1.82, 2.24) is 9.78 Å². The maximum atomic E-state index is 10.4. The predicted molar refractivity (Wildman–Crippen MR) is 80.4 cm³/mol. The molecule has 1 fully saturated rings. The molecule has 1 aromatic heterocycles. The van der Waals surface area contributed by atoms with Crippen LogP contribution in [-0.4, -0.2) is 43.0 Å². The Labute approximate surface area is 118 Å². The second kappa shape index (κ2) is 6.87. The molecule has 1 saturated heterocycles. The van der Waals surface area contributed by atoms with Gasteiger partial charge in [0.05, 0.1) is 12.3 Å². The van der Waals surface area contributed by atoms with Crippen molar-refractivity contribution in [3.8, 4) is 0 Å². The SMILES string of the molecule is CCC1SCCSC1C(O)Cc1cnn(CC)c1. The van der Waals surface area contributed by atoms with Gasteiger partial charge in [-0.05, 0) is 18.9 Å². The lowest BCUT2D eigenvalue weighted by Gasteiger charge is -2.33. The summed E-state index contributed by atoms with van der Waals surface area (Å²) in [6, 6.07) is 0.